The number of benzene rings is 2. The lowest BCUT2D eigenvalue weighted by atomic mass is 9.99. The van der Waals surface area contributed by atoms with Crippen LogP contribution in [0.1, 0.15) is 17.2 Å². The van der Waals surface area contributed by atoms with Crippen molar-refractivity contribution >= 4 is 16.9 Å². The van der Waals surface area contributed by atoms with E-state index in [9.17, 15) is 0 Å². The fourth-order valence-electron chi connectivity index (χ4n) is 2.00. The number of nitrogens with one attached hydrogen (secondary N) is 1. The van der Waals surface area contributed by atoms with E-state index in [4.69, 9.17) is 10.5 Å². The zero-order valence-corrected chi connectivity index (χ0v) is 12.5. The van der Waals surface area contributed by atoms with Gasteiger partial charge in [-0.2, -0.15) is 0 Å². The van der Waals surface area contributed by atoms with Crippen LogP contribution in [0, 0.1) is 0 Å². The topological polar surface area (TPSA) is 49.2 Å². The van der Waals surface area contributed by atoms with Crippen molar-refractivity contribution < 1.29 is 9.73 Å². The van der Waals surface area contributed by atoms with Crippen molar-refractivity contribution in [1.29, 1.82) is 0 Å². The normalized spacial score (nSPS) is 13.0. The van der Waals surface area contributed by atoms with Crippen LogP contribution in [0.2, 0.25) is 0 Å². The van der Waals surface area contributed by atoms with Gasteiger partial charge in [0.05, 0.1) is 7.11 Å². The monoisotopic (exact) mass is 287 g/mol. The summed E-state index contributed by atoms with van der Waals surface area (Å²) in [6, 6.07) is 18.3. The molecule has 0 saturated heterocycles. The Bertz CT molecular complexity index is 567. The summed E-state index contributed by atoms with van der Waals surface area (Å²) in [5, 5.41) is 0.703. The summed E-state index contributed by atoms with van der Waals surface area (Å²) >= 11 is 1.51. The predicted molar refractivity (Wildman–Crippen MR) is 85.0 cm³/mol. The minimum Gasteiger partial charge on any atom is -0.497 e. The summed E-state index contributed by atoms with van der Waals surface area (Å²) in [6.45, 7) is 0. The Morgan fingerprint density at radius 2 is 1.65 bits per heavy atom. The van der Waals surface area contributed by atoms with Gasteiger partial charge in [0.15, 0.2) is 0 Å². The molecule has 0 aliphatic carbocycles. The van der Waals surface area contributed by atoms with Gasteiger partial charge in [-0.3, -0.25) is 10.7 Å². The Hall–Kier alpha value is -1.94. The standard InChI is InChI=1S/C16H18N2OS/c1-19-14-10-8-13(9-11-14)15(18-16(17)20-2)12-6-4-3-5-7-12/h3-11,15H,1-2H3,(H2,17,18)/p+1/t15-/m1/s1. The second kappa shape index (κ2) is 7.01. The zero-order valence-electron chi connectivity index (χ0n) is 11.7. The van der Waals surface area contributed by atoms with E-state index in [1.807, 2.05) is 36.6 Å². The van der Waals surface area contributed by atoms with E-state index in [0.717, 1.165) is 11.3 Å². The molecule has 0 aliphatic heterocycles. The van der Waals surface area contributed by atoms with E-state index in [-0.39, 0.29) is 6.04 Å². The number of hydrogen-bond donors (Lipinski definition) is 2. The SMILES string of the molecule is COc1ccc([C@H]([NH+]=C(N)SC)c2ccccc2)cc1. The first-order valence-corrected chi connectivity index (χ1v) is 7.59. The van der Waals surface area contributed by atoms with E-state index in [0.29, 0.717) is 5.17 Å². The molecule has 0 bridgehead atoms. The minimum absolute atomic E-state index is 0.0366. The van der Waals surface area contributed by atoms with Gasteiger partial charge < -0.3 is 4.74 Å². The second-order valence-corrected chi connectivity index (χ2v) is 5.18. The Morgan fingerprint density at radius 3 is 2.20 bits per heavy atom. The lowest BCUT2D eigenvalue weighted by Gasteiger charge is -2.12. The fraction of sp³-hybridized carbons (Fsp3) is 0.188. The molecule has 0 heterocycles. The number of amidine groups is 1. The molecule has 0 aromatic heterocycles. The third kappa shape index (κ3) is 3.54. The van der Waals surface area contributed by atoms with Crippen molar-refractivity contribution in [2.45, 2.75) is 6.04 Å². The van der Waals surface area contributed by atoms with E-state index < -0.39 is 0 Å². The van der Waals surface area contributed by atoms with Crippen LogP contribution in [0.3, 0.4) is 0 Å². The summed E-state index contributed by atoms with van der Waals surface area (Å²) in [6.07, 6.45) is 1.96. The van der Waals surface area contributed by atoms with Gasteiger partial charge >= 0.3 is 5.17 Å². The molecule has 4 heteroatoms. The molecule has 0 unspecified atom stereocenters. The van der Waals surface area contributed by atoms with Gasteiger partial charge in [-0.25, -0.2) is 0 Å². The van der Waals surface area contributed by atoms with Crippen molar-refractivity contribution in [3.63, 3.8) is 0 Å². The first-order chi connectivity index (χ1) is 9.74. The molecule has 0 saturated carbocycles. The summed E-state index contributed by atoms with van der Waals surface area (Å²) in [4.78, 5) is 3.35. The van der Waals surface area contributed by atoms with Crippen molar-refractivity contribution in [1.82, 2.24) is 0 Å². The van der Waals surface area contributed by atoms with Gasteiger partial charge in [-0.1, -0.05) is 42.5 Å². The predicted octanol–water partition coefficient (Wildman–Crippen LogP) is 1.54. The van der Waals surface area contributed by atoms with E-state index in [2.05, 4.69) is 29.3 Å². The molecular weight excluding hydrogens is 268 g/mol. The molecule has 0 fully saturated rings. The van der Waals surface area contributed by atoms with E-state index >= 15 is 0 Å². The molecule has 2 aromatic carbocycles. The van der Waals surface area contributed by atoms with Gasteiger partial charge in [0, 0.05) is 11.1 Å². The summed E-state index contributed by atoms with van der Waals surface area (Å²) in [7, 11) is 1.67. The average Bonchev–Trinajstić information content (AvgIpc) is 2.53. The highest BCUT2D eigenvalue weighted by atomic mass is 32.2. The molecule has 0 amide bonds. The highest BCUT2D eigenvalue weighted by Gasteiger charge is 2.16. The quantitative estimate of drug-likeness (QED) is 0.662. The maximum atomic E-state index is 5.95. The molecule has 2 aromatic rings. The van der Waals surface area contributed by atoms with Gasteiger partial charge in [-0.15, -0.1) is 0 Å². The molecule has 3 nitrogen and oxygen atoms in total. The number of nitrogens with two attached hydrogens (primary N) is 1. The number of hydrogen-bond acceptors (Lipinski definition) is 2. The average molecular weight is 287 g/mol. The van der Waals surface area contributed by atoms with Crippen LogP contribution in [0.4, 0.5) is 0 Å². The molecule has 2 rings (SSSR count). The molecule has 104 valence electrons. The van der Waals surface area contributed by atoms with Crippen molar-refractivity contribution in [3.05, 3.63) is 65.7 Å². The highest BCUT2D eigenvalue weighted by Crippen LogP contribution is 2.20. The van der Waals surface area contributed by atoms with Crippen LogP contribution >= 0.6 is 11.8 Å². The van der Waals surface area contributed by atoms with Crippen molar-refractivity contribution in [2.75, 3.05) is 13.4 Å². The Morgan fingerprint density at radius 1 is 1.05 bits per heavy atom. The van der Waals surface area contributed by atoms with Gasteiger partial charge in [0.25, 0.3) is 0 Å². The maximum absolute atomic E-state index is 5.95. The molecule has 1 atom stereocenters. The number of methoxy groups -OCH3 is 1. The van der Waals surface area contributed by atoms with E-state index in [1.165, 1.54) is 17.3 Å². The molecular formula is C16H19N2OS+. The largest absolute Gasteiger partial charge is 0.497 e. The third-order valence-electron chi connectivity index (χ3n) is 3.09. The summed E-state index contributed by atoms with van der Waals surface area (Å²) < 4.78 is 5.20. The van der Waals surface area contributed by atoms with E-state index in [1.54, 1.807) is 7.11 Å². The number of ether oxygens (including phenoxy) is 1. The van der Waals surface area contributed by atoms with Crippen LogP contribution in [-0.4, -0.2) is 18.5 Å². The van der Waals surface area contributed by atoms with Crippen molar-refractivity contribution in [2.24, 2.45) is 5.73 Å². The van der Waals surface area contributed by atoms with Gasteiger partial charge in [0.2, 0.25) is 0 Å². The van der Waals surface area contributed by atoms with Crippen LogP contribution in [0.5, 0.6) is 5.75 Å². The summed E-state index contributed by atoms with van der Waals surface area (Å²) in [5.74, 6) is 0.849. The molecule has 0 spiro atoms. The first kappa shape index (κ1) is 14.5. The fourth-order valence-corrected chi connectivity index (χ4v) is 2.24. The third-order valence-corrected chi connectivity index (χ3v) is 3.65. The highest BCUT2D eigenvalue weighted by molar-refractivity contribution is 8.12. The Kier molecular flexibility index (Phi) is 5.07. The Labute approximate surface area is 123 Å². The van der Waals surface area contributed by atoms with Crippen LogP contribution < -0.4 is 15.5 Å². The number of thioether (sulfide) groups is 1. The van der Waals surface area contributed by atoms with Crippen LogP contribution in [0.15, 0.2) is 54.6 Å². The van der Waals surface area contributed by atoms with Crippen LogP contribution in [-0.2, 0) is 0 Å². The summed E-state index contributed by atoms with van der Waals surface area (Å²) in [5.41, 5.74) is 8.27. The zero-order chi connectivity index (χ0) is 14.4. The lowest BCUT2D eigenvalue weighted by Crippen LogP contribution is -2.76. The Balaban J connectivity index is 2.40. The van der Waals surface area contributed by atoms with Crippen LogP contribution in [0.25, 0.3) is 0 Å². The molecule has 0 radical (unpaired) electrons. The minimum atomic E-state index is 0.0366. The number of rotatable bonds is 4. The smallest absolute Gasteiger partial charge is 0.302 e. The lowest BCUT2D eigenvalue weighted by molar-refractivity contribution is -0.495. The molecule has 0 aliphatic rings. The van der Waals surface area contributed by atoms with Gasteiger partial charge in [0.1, 0.15) is 11.8 Å². The maximum Gasteiger partial charge on any atom is 0.302 e. The molecule has 20 heavy (non-hydrogen) atoms. The second-order valence-electron chi connectivity index (χ2n) is 4.33. The van der Waals surface area contributed by atoms with Crippen molar-refractivity contribution in [3.8, 4) is 5.75 Å². The first-order valence-electron chi connectivity index (χ1n) is 6.36. The van der Waals surface area contributed by atoms with Gasteiger partial charge in [-0.05, 0) is 30.2 Å². The molecule has 3 N–H and O–H groups in total.